The summed E-state index contributed by atoms with van der Waals surface area (Å²) in [5.41, 5.74) is 1.03. The average molecular weight is 356 g/mol. The number of hydrogen-bond acceptors (Lipinski definition) is 4. The van der Waals surface area contributed by atoms with E-state index in [0.717, 1.165) is 12.1 Å². The highest BCUT2D eigenvalue weighted by Crippen LogP contribution is 2.22. The van der Waals surface area contributed by atoms with Gasteiger partial charge in [-0.15, -0.1) is 0 Å². The Hall–Kier alpha value is -2.62. The van der Waals surface area contributed by atoms with Crippen LogP contribution in [0.5, 0.6) is 0 Å². The topological polar surface area (TPSA) is 62.1 Å². The van der Waals surface area contributed by atoms with Crippen LogP contribution in [-0.4, -0.2) is 25.5 Å². The number of carbonyl (C=O) groups is 1. The van der Waals surface area contributed by atoms with Crippen LogP contribution in [-0.2, 0) is 22.4 Å². The standard InChI is InChI=1S/C20H18F2N2O2/c21-18-10-14(19-12-24-6-7-26-19)5-4-13(18)8-17(25)9-15-2-1-3-16(11-23)20(15)22/h1-5,10,19,24H,6-9,12H2/t19-/m0/s1. The van der Waals surface area contributed by atoms with Gasteiger partial charge in [0.15, 0.2) is 0 Å². The third-order valence-corrected chi connectivity index (χ3v) is 4.35. The van der Waals surface area contributed by atoms with Crippen LogP contribution in [0.25, 0.3) is 0 Å². The molecule has 1 atom stereocenters. The number of hydrogen-bond donors (Lipinski definition) is 1. The van der Waals surface area contributed by atoms with Gasteiger partial charge in [0, 0.05) is 25.9 Å². The zero-order chi connectivity index (χ0) is 18.5. The number of benzene rings is 2. The van der Waals surface area contributed by atoms with Gasteiger partial charge < -0.3 is 10.1 Å². The molecule has 1 saturated heterocycles. The number of ether oxygens (including phenoxy) is 1. The average Bonchev–Trinajstić information content (AvgIpc) is 2.66. The molecule has 26 heavy (non-hydrogen) atoms. The van der Waals surface area contributed by atoms with Gasteiger partial charge in [0.25, 0.3) is 0 Å². The van der Waals surface area contributed by atoms with Crippen molar-refractivity contribution in [1.82, 2.24) is 5.32 Å². The van der Waals surface area contributed by atoms with E-state index in [1.54, 1.807) is 18.2 Å². The second kappa shape index (κ2) is 8.17. The number of nitrogens with one attached hydrogen (secondary N) is 1. The fraction of sp³-hybridized carbons (Fsp3) is 0.300. The molecule has 2 aromatic rings. The number of nitrogens with zero attached hydrogens (tertiary/aromatic N) is 1. The molecule has 6 heteroatoms. The molecule has 134 valence electrons. The van der Waals surface area contributed by atoms with Crippen molar-refractivity contribution < 1.29 is 18.3 Å². The molecular formula is C20H18F2N2O2. The Balaban J connectivity index is 1.69. The van der Waals surface area contributed by atoms with E-state index in [-0.39, 0.29) is 41.4 Å². The van der Waals surface area contributed by atoms with E-state index >= 15 is 0 Å². The summed E-state index contributed by atoms with van der Waals surface area (Å²) in [4.78, 5) is 12.2. The maximum Gasteiger partial charge on any atom is 0.144 e. The van der Waals surface area contributed by atoms with Gasteiger partial charge in [-0.3, -0.25) is 4.79 Å². The Kier molecular flexibility index (Phi) is 5.71. The highest BCUT2D eigenvalue weighted by molar-refractivity contribution is 5.83. The maximum absolute atomic E-state index is 14.4. The predicted octanol–water partition coefficient (Wildman–Crippen LogP) is 2.85. The Morgan fingerprint density at radius 2 is 2.04 bits per heavy atom. The summed E-state index contributed by atoms with van der Waals surface area (Å²) < 4.78 is 34.0. The summed E-state index contributed by atoms with van der Waals surface area (Å²) in [5.74, 6) is -1.49. The van der Waals surface area contributed by atoms with Crippen LogP contribution >= 0.6 is 0 Å². The minimum atomic E-state index is -0.693. The van der Waals surface area contributed by atoms with Gasteiger partial charge in [-0.05, 0) is 28.8 Å². The summed E-state index contributed by atoms with van der Waals surface area (Å²) in [7, 11) is 0. The molecular weight excluding hydrogens is 338 g/mol. The van der Waals surface area contributed by atoms with Gasteiger partial charge in [-0.25, -0.2) is 8.78 Å². The van der Waals surface area contributed by atoms with Crippen LogP contribution < -0.4 is 5.32 Å². The van der Waals surface area contributed by atoms with Gasteiger partial charge in [0.2, 0.25) is 0 Å². The molecule has 1 heterocycles. The minimum absolute atomic E-state index is 0.105. The van der Waals surface area contributed by atoms with Crippen molar-refractivity contribution in [3.63, 3.8) is 0 Å². The van der Waals surface area contributed by atoms with Gasteiger partial charge in [0.05, 0.1) is 18.3 Å². The highest BCUT2D eigenvalue weighted by Gasteiger charge is 2.18. The molecule has 1 N–H and O–H groups in total. The molecule has 3 rings (SSSR count). The van der Waals surface area contributed by atoms with Crippen molar-refractivity contribution >= 4 is 5.78 Å². The molecule has 0 bridgehead atoms. The highest BCUT2D eigenvalue weighted by atomic mass is 19.1. The number of nitriles is 1. The summed E-state index contributed by atoms with van der Waals surface area (Å²) in [6.07, 6.45) is -0.518. The van der Waals surface area contributed by atoms with E-state index in [2.05, 4.69) is 5.32 Å². The van der Waals surface area contributed by atoms with Crippen molar-refractivity contribution in [1.29, 1.82) is 5.26 Å². The lowest BCUT2D eigenvalue weighted by atomic mass is 9.98. The van der Waals surface area contributed by atoms with E-state index in [4.69, 9.17) is 10.00 Å². The van der Waals surface area contributed by atoms with E-state index in [0.29, 0.717) is 13.2 Å². The van der Waals surface area contributed by atoms with Crippen molar-refractivity contribution in [3.05, 3.63) is 70.3 Å². The Morgan fingerprint density at radius 3 is 2.73 bits per heavy atom. The first-order chi connectivity index (χ1) is 12.6. The number of carbonyl (C=O) groups excluding carboxylic acids is 1. The lowest BCUT2D eigenvalue weighted by Gasteiger charge is -2.24. The molecule has 0 amide bonds. The van der Waals surface area contributed by atoms with E-state index < -0.39 is 11.6 Å². The number of rotatable bonds is 5. The van der Waals surface area contributed by atoms with E-state index in [9.17, 15) is 13.6 Å². The molecule has 1 fully saturated rings. The zero-order valence-corrected chi connectivity index (χ0v) is 14.1. The van der Waals surface area contributed by atoms with E-state index in [1.807, 2.05) is 0 Å². The molecule has 0 unspecified atom stereocenters. The quantitative estimate of drug-likeness (QED) is 0.895. The summed E-state index contributed by atoms with van der Waals surface area (Å²) >= 11 is 0. The molecule has 4 nitrogen and oxygen atoms in total. The molecule has 0 saturated carbocycles. The minimum Gasteiger partial charge on any atom is -0.371 e. The SMILES string of the molecule is N#Cc1cccc(CC(=O)Cc2ccc([C@@H]3CNCCO3)cc2F)c1F. The Labute approximate surface area is 150 Å². The number of ketones is 1. The number of morpholine rings is 1. The number of Topliss-reactive ketones (excluding diaryl/α,β-unsaturated/α-hetero) is 1. The third kappa shape index (κ3) is 4.13. The Bertz CT molecular complexity index is 855. The van der Waals surface area contributed by atoms with E-state index in [1.165, 1.54) is 24.3 Å². The third-order valence-electron chi connectivity index (χ3n) is 4.35. The summed E-state index contributed by atoms with van der Waals surface area (Å²) in [5, 5.41) is 12.0. The van der Waals surface area contributed by atoms with Crippen LogP contribution in [0.3, 0.4) is 0 Å². The lowest BCUT2D eigenvalue weighted by Crippen LogP contribution is -2.33. The lowest BCUT2D eigenvalue weighted by molar-refractivity contribution is -0.117. The first-order valence-electron chi connectivity index (χ1n) is 8.38. The normalized spacial score (nSPS) is 16.9. The van der Waals surface area contributed by atoms with Crippen LogP contribution in [0.15, 0.2) is 36.4 Å². The monoisotopic (exact) mass is 356 g/mol. The molecule has 1 aliphatic rings. The van der Waals surface area contributed by atoms with Gasteiger partial charge in [-0.1, -0.05) is 24.3 Å². The van der Waals surface area contributed by atoms with Gasteiger partial charge in [-0.2, -0.15) is 5.26 Å². The first kappa shape index (κ1) is 18.2. The van der Waals surface area contributed by atoms with Crippen molar-refractivity contribution in [3.8, 4) is 6.07 Å². The zero-order valence-electron chi connectivity index (χ0n) is 14.1. The van der Waals surface area contributed by atoms with Crippen LogP contribution in [0, 0.1) is 23.0 Å². The molecule has 0 aromatic heterocycles. The fourth-order valence-corrected chi connectivity index (χ4v) is 2.98. The van der Waals surface area contributed by atoms with Gasteiger partial charge in [0.1, 0.15) is 23.5 Å². The Morgan fingerprint density at radius 1 is 1.23 bits per heavy atom. The molecule has 0 radical (unpaired) electrons. The van der Waals surface area contributed by atoms with Gasteiger partial charge >= 0.3 is 0 Å². The largest absolute Gasteiger partial charge is 0.371 e. The summed E-state index contributed by atoms with van der Waals surface area (Å²) in [6.45, 7) is 1.96. The molecule has 2 aromatic carbocycles. The van der Waals surface area contributed by atoms with Crippen molar-refractivity contribution in [2.75, 3.05) is 19.7 Å². The van der Waals surface area contributed by atoms with Crippen LogP contribution in [0.2, 0.25) is 0 Å². The second-order valence-corrected chi connectivity index (χ2v) is 6.20. The van der Waals surface area contributed by atoms with Crippen LogP contribution in [0.1, 0.15) is 28.4 Å². The molecule has 1 aliphatic heterocycles. The maximum atomic E-state index is 14.4. The summed E-state index contributed by atoms with van der Waals surface area (Å²) in [6, 6.07) is 10.8. The second-order valence-electron chi connectivity index (χ2n) is 6.20. The number of halogens is 2. The van der Waals surface area contributed by atoms with Crippen LogP contribution in [0.4, 0.5) is 8.78 Å². The first-order valence-corrected chi connectivity index (χ1v) is 8.38. The molecule has 0 spiro atoms. The molecule has 0 aliphatic carbocycles. The fourth-order valence-electron chi connectivity index (χ4n) is 2.98. The smallest absolute Gasteiger partial charge is 0.144 e. The predicted molar refractivity (Wildman–Crippen MR) is 91.5 cm³/mol. The van der Waals surface area contributed by atoms with Crippen molar-refractivity contribution in [2.45, 2.75) is 18.9 Å². The van der Waals surface area contributed by atoms with Crippen molar-refractivity contribution in [2.24, 2.45) is 0 Å².